The van der Waals surface area contributed by atoms with Gasteiger partial charge in [-0.2, -0.15) is 0 Å². The minimum Gasteiger partial charge on any atom is -0.507 e. The smallest absolute Gasteiger partial charge is 0.303 e. The molecule has 1 aliphatic heterocycles. The monoisotopic (exact) mass is 592 g/mol. The lowest BCUT2D eigenvalue weighted by atomic mass is 9.98. The van der Waals surface area contributed by atoms with E-state index in [1.165, 1.54) is 24.3 Å². The number of halogens is 1. The summed E-state index contributed by atoms with van der Waals surface area (Å²) in [4.78, 5) is 59.8. The van der Waals surface area contributed by atoms with Crippen molar-refractivity contribution in [3.05, 3.63) is 53.8 Å². The van der Waals surface area contributed by atoms with Crippen LogP contribution in [0.5, 0.6) is 17.2 Å². The highest BCUT2D eigenvalue weighted by Crippen LogP contribution is 2.32. The van der Waals surface area contributed by atoms with Crippen molar-refractivity contribution in [1.82, 2.24) is 0 Å². The Hall–Kier alpha value is -4.72. The van der Waals surface area contributed by atoms with E-state index in [1.54, 1.807) is 0 Å². The number of Topliss-reactive ketones (excluding diaryl/α,β-unsaturated/α-hetero) is 1. The van der Waals surface area contributed by atoms with E-state index >= 15 is 0 Å². The summed E-state index contributed by atoms with van der Waals surface area (Å²) in [6.45, 7) is 3.47. The van der Waals surface area contributed by atoms with E-state index in [-0.39, 0.29) is 17.1 Å². The summed E-state index contributed by atoms with van der Waals surface area (Å²) in [6.07, 6.45) is -7.08. The maximum Gasteiger partial charge on any atom is 0.303 e. The lowest BCUT2D eigenvalue weighted by molar-refractivity contribution is -0.288. The van der Waals surface area contributed by atoms with E-state index in [1.807, 2.05) is 0 Å². The fourth-order valence-corrected chi connectivity index (χ4v) is 4.00. The number of hydrogen-bond acceptors (Lipinski definition) is 13. The predicted molar refractivity (Wildman–Crippen MR) is 137 cm³/mol. The minimum absolute atomic E-state index is 0.0654. The first-order valence-corrected chi connectivity index (χ1v) is 12.6. The normalized spacial score (nSPS) is 21.4. The largest absolute Gasteiger partial charge is 0.507 e. The molecule has 5 atom stereocenters. The molecule has 14 heteroatoms. The Balaban J connectivity index is 1.86. The summed E-state index contributed by atoms with van der Waals surface area (Å²) in [5.41, 5.74) is -0.119. The van der Waals surface area contributed by atoms with E-state index in [0.29, 0.717) is 0 Å². The van der Waals surface area contributed by atoms with Gasteiger partial charge in [0, 0.05) is 33.8 Å². The summed E-state index contributed by atoms with van der Waals surface area (Å²) >= 11 is 0. The maximum atomic E-state index is 13.1. The topological polar surface area (TPSA) is 170 Å². The van der Waals surface area contributed by atoms with E-state index in [4.69, 9.17) is 33.2 Å². The van der Waals surface area contributed by atoms with Gasteiger partial charge in [0.25, 0.3) is 0 Å². The SMILES string of the molecule is CC(=O)OC[C@@H]1O[C@@H](Oc2ccc(C(=O)COc3ccc(F)cc3)c(O)c2)[C@@H](OC(C)=O)[C@@H](OC(C)=O)[C@H]1OC(C)=O. The highest BCUT2D eigenvalue weighted by molar-refractivity contribution is 5.99. The Morgan fingerprint density at radius 1 is 0.786 bits per heavy atom. The van der Waals surface area contributed by atoms with Crippen molar-refractivity contribution in [3.63, 3.8) is 0 Å². The van der Waals surface area contributed by atoms with Crippen LogP contribution in [0.15, 0.2) is 42.5 Å². The average molecular weight is 593 g/mol. The molecule has 0 bridgehead atoms. The molecule has 0 amide bonds. The molecule has 1 N–H and O–H groups in total. The average Bonchev–Trinajstić information content (AvgIpc) is 2.89. The quantitative estimate of drug-likeness (QED) is 0.229. The van der Waals surface area contributed by atoms with Crippen molar-refractivity contribution in [2.75, 3.05) is 13.2 Å². The first-order valence-electron chi connectivity index (χ1n) is 12.6. The van der Waals surface area contributed by atoms with Crippen molar-refractivity contribution in [1.29, 1.82) is 0 Å². The van der Waals surface area contributed by atoms with Crippen LogP contribution in [0.4, 0.5) is 4.39 Å². The molecular formula is C28H29FO13. The van der Waals surface area contributed by atoms with Gasteiger partial charge in [-0.1, -0.05) is 0 Å². The first kappa shape index (κ1) is 31.8. The maximum absolute atomic E-state index is 13.1. The highest BCUT2D eigenvalue weighted by Gasteiger charge is 2.53. The molecule has 0 spiro atoms. The zero-order valence-electron chi connectivity index (χ0n) is 23.1. The molecule has 3 rings (SSSR count). The number of ether oxygens (including phenoxy) is 7. The molecule has 1 fully saturated rings. The van der Waals surface area contributed by atoms with E-state index < -0.39 is 85.1 Å². The van der Waals surface area contributed by atoms with Crippen molar-refractivity contribution < 1.29 is 66.6 Å². The molecule has 1 saturated heterocycles. The van der Waals surface area contributed by atoms with Crippen molar-refractivity contribution >= 4 is 29.7 Å². The Labute approximate surface area is 239 Å². The van der Waals surface area contributed by atoms with E-state index in [0.717, 1.165) is 45.9 Å². The Bertz CT molecular complexity index is 1310. The van der Waals surface area contributed by atoms with Crippen LogP contribution < -0.4 is 9.47 Å². The second-order valence-electron chi connectivity index (χ2n) is 9.03. The van der Waals surface area contributed by atoms with Gasteiger partial charge in [-0.05, 0) is 36.4 Å². The van der Waals surface area contributed by atoms with Gasteiger partial charge in [0.1, 0.15) is 35.8 Å². The summed E-state index contributed by atoms with van der Waals surface area (Å²) < 4.78 is 51.1. The van der Waals surface area contributed by atoms with Crippen LogP contribution in [0, 0.1) is 5.82 Å². The van der Waals surface area contributed by atoms with Gasteiger partial charge in [0.15, 0.2) is 18.8 Å². The molecule has 42 heavy (non-hydrogen) atoms. The zero-order chi connectivity index (χ0) is 31.0. The molecule has 0 aromatic heterocycles. The number of carbonyl (C=O) groups is 5. The molecule has 226 valence electrons. The number of rotatable bonds is 11. The summed E-state index contributed by atoms with van der Waals surface area (Å²) in [7, 11) is 0. The zero-order valence-corrected chi connectivity index (χ0v) is 23.1. The predicted octanol–water partition coefficient (Wildman–Crippen LogP) is 2.25. The van der Waals surface area contributed by atoms with Crippen LogP contribution in [0.1, 0.15) is 38.1 Å². The summed E-state index contributed by atoms with van der Waals surface area (Å²) in [5, 5.41) is 10.5. The minimum atomic E-state index is -1.53. The summed E-state index contributed by atoms with van der Waals surface area (Å²) in [6, 6.07) is 8.64. The fourth-order valence-electron chi connectivity index (χ4n) is 4.00. The molecule has 0 unspecified atom stereocenters. The second kappa shape index (κ2) is 14.3. The number of hydrogen-bond donors (Lipinski definition) is 1. The molecule has 2 aromatic carbocycles. The van der Waals surface area contributed by atoms with Gasteiger partial charge in [-0.15, -0.1) is 0 Å². The fraction of sp³-hybridized carbons (Fsp3) is 0.393. The van der Waals surface area contributed by atoms with Crippen LogP contribution in [0.2, 0.25) is 0 Å². The lowest BCUT2D eigenvalue weighted by Crippen LogP contribution is -2.63. The third-order valence-electron chi connectivity index (χ3n) is 5.65. The molecule has 0 radical (unpaired) electrons. The second-order valence-corrected chi connectivity index (χ2v) is 9.03. The van der Waals surface area contributed by atoms with Crippen LogP contribution in [0.25, 0.3) is 0 Å². The highest BCUT2D eigenvalue weighted by atomic mass is 19.1. The number of esters is 4. The lowest BCUT2D eigenvalue weighted by Gasteiger charge is -2.43. The van der Waals surface area contributed by atoms with Crippen LogP contribution >= 0.6 is 0 Å². The molecular weight excluding hydrogens is 563 g/mol. The molecule has 2 aromatic rings. The van der Waals surface area contributed by atoms with Crippen LogP contribution in [-0.4, -0.2) is 78.7 Å². The van der Waals surface area contributed by atoms with Crippen molar-refractivity contribution in [3.8, 4) is 17.2 Å². The van der Waals surface area contributed by atoms with E-state index in [2.05, 4.69) is 0 Å². The molecule has 0 saturated carbocycles. The number of carbonyl (C=O) groups excluding carboxylic acids is 5. The third kappa shape index (κ3) is 8.89. The van der Waals surface area contributed by atoms with Crippen molar-refractivity contribution in [2.24, 2.45) is 0 Å². The Morgan fingerprint density at radius 2 is 1.36 bits per heavy atom. The number of ketones is 1. The number of phenolic OH excluding ortho intramolecular Hbond substituents is 1. The van der Waals surface area contributed by atoms with Gasteiger partial charge < -0.3 is 38.3 Å². The van der Waals surface area contributed by atoms with Gasteiger partial charge >= 0.3 is 23.9 Å². The van der Waals surface area contributed by atoms with Gasteiger partial charge in [0.2, 0.25) is 18.2 Å². The molecule has 1 heterocycles. The number of benzene rings is 2. The van der Waals surface area contributed by atoms with Crippen LogP contribution in [0.3, 0.4) is 0 Å². The standard InChI is InChI=1S/C28H29FO13/c1-14(30)36-13-24-25(38-15(2)31)26(39-16(3)32)27(40-17(4)33)28(42-24)41-20-9-10-21(22(34)11-20)23(35)12-37-19-7-5-18(29)6-8-19/h5-11,24-28,34H,12-13H2,1-4H3/t24-,25-,26-,27-,28+/m0/s1. The van der Waals surface area contributed by atoms with Crippen LogP contribution in [-0.2, 0) is 42.9 Å². The molecule has 1 aliphatic rings. The molecule has 0 aliphatic carbocycles. The van der Waals surface area contributed by atoms with E-state index in [9.17, 15) is 33.5 Å². The van der Waals surface area contributed by atoms with Gasteiger partial charge in [-0.3, -0.25) is 24.0 Å². The Morgan fingerprint density at radius 3 is 1.93 bits per heavy atom. The molecule has 13 nitrogen and oxygen atoms in total. The number of phenols is 1. The first-order chi connectivity index (χ1) is 19.8. The van der Waals surface area contributed by atoms with Gasteiger partial charge in [0.05, 0.1) is 5.56 Å². The summed E-state index contributed by atoms with van der Waals surface area (Å²) in [5.74, 6) is -4.50. The third-order valence-corrected chi connectivity index (χ3v) is 5.65. The number of aromatic hydroxyl groups is 1. The Kier molecular flexibility index (Phi) is 10.8. The van der Waals surface area contributed by atoms with Crippen molar-refractivity contribution in [2.45, 2.75) is 58.4 Å². The van der Waals surface area contributed by atoms with Gasteiger partial charge in [-0.25, -0.2) is 4.39 Å².